The van der Waals surface area contributed by atoms with E-state index in [2.05, 4.69) is 6.92 Å². The van der Waals surface area contributed by atoms with Gasteiger partial charge in [0.1, 0.15) is 0 Å². The quantitative estimate of drug-likeness (QED) is 0.526. The Morgan fingerprint density at radius 2 is 2.00 bits per heavy atom. The van der Waals surface area contributed by atoms with Crippen molar-refractivity contribution in [2.24, 2.45) is 0 Å². The van der Waals surface area contributed by atoms with E-state index in [9.17, 15) is 0 Å². The van der Waals surface area contributed by atoms with Crippen LogP contribution in [-0.2, 0) is 11.8 Å². The average molecular weight is 188 g/mol. The molecule has 11 heavy (non-hydrogen) atoms. The Kier molecular flexibility index (Phi) is 2.14. The second-order valence-corrected chi connectivity index (χ2v) is 9.96. The van der Waals surface area contributed by atoms with Crippen molar-refractivity contribution < 1.29 is 0 Å². The van der Waals surface area contributed by atoms with Crippen molar-refractivity contribution >= 4 is 17.8 Å². The first-order chi connectivity index (χ1) is 5.23. The third kappa shape index (κ3) is 1.21. The lowest BCUT2D eigenvalue weighted by molar-refractivity contribution is 0.635. The van der Waals surface area contributed by atoms with Gasteiger partial charge in [-0.15, -0.1) is 0 Å². The highest BCUT2D eigenvalue weighted by atomic mass is 32.4. The fourth-order valence-corrected chi connectivity index (χ4v) is 8.11. The number of rotatable bonds is 0. The van der Waals surface area contributed by atoms with Crippen molar-refractivity contribution in [3.05, 3.63) is 0 Å². The molecule has 2 aliphatic rings. The summed E-state index contributed by atoms with van der Waals surface area (Å²) in [6, 6.07) is -0.832. The van der Waals surface area contributed by atoms with Crippen LogP contribution in [0.3, 0.4) is 0 Å². The van der Waals surface area contributed by atoms with Gasteiger partial charge in [0.15, 0.2) is 0 Å². The summed E-state index contributed by atoms with van der Waals surface area (Å²) in [5.74, 6) is 0. The lowest BCUT2D eigenvalue weighted by Crippen LogP contribution is -2.14. The van der Waals surface area contributed by atoms with Gasteiger partial charge in [0.05, 0.1) is 0 Å². The van der Waals surface area contributed by atoms with Crippen molar-refractivity contribution in [2.45, 2.75) is 50.3 Å². The van der Waals surface area contributed by atoms with Crippen LogP contribution in [0.5, 0.6) is 0 Å². The highest BCUT2D eigenvalue weighted by molar-refractivity contribution is 8.15. The maximum atomic E-state index is 5.87. The summed E-state index contributed by atoms with van der Waals surface area (Å²) in [5, 5.41) is 0. The Morgan fingerprint density at radius 1 is 1.18 bits per heavy atom. The molecule has 0 radical (unpaired) electrons. The van der Waals surface area contributed by atoms with Crippen LogP contribution < -0.4 is 0 Å². The largest absolute Gasteiger partial charge is 0.0969 e. The zero-order chi connectivity index (χ0) is 7.90. The number of fused-ring (bicyclic) bond motifs is 1. The molecular formula is C9H17PS. The fourth-order valence-electron chi connectivity index (χ4n) is 2.74. The lowest BCUT2D eigenvalue weighted by Gasteiger charge is -2.32. The maximum absolute atomic E-state index is 5.87. The van der Waals surface area contributed by atoms with Crippen LogP contribution in [0.25, 0.3) is 0 Å². The minimum absolute atomic E-state index is 0.832. The van der Waals surface area contributed by atoms with Gasteiger partial charge in [-0.05, 0) is 49.2 Å². The second-order valence-electron chi connectivity index (χ2n) is 4.15. The van der Waals surface area contributed by atoms with E-state index in [-0.39, 0.29) is 0 Å². The summed E-state index contributed by atoms with van der Waals surface area (Å²) in [4.78, 5) is 0. The first-order valence-corrected chi connectivity index (χ1v) is 7.94. The van der Waals surface area contributed by atoms with Crippen LogP contribution in [0.15, 0.2) is 0 Å². The van der Waals surface area contributed by atoms with Gasteiger partial charge in [0, 0.05) is 0 Å². The molecule has 0 saturated carbocycles. The third-order valence-corrected chi connectivity index (χ3v) is 10.6. The summed E-state index contributed by atoms with van der Waals surface area (Å²) in [6.07, 6.45) is 8.74. The molecule has 64 valence electrons. The van der Waals surface area contributed by atoms with Crippen molar-refractivity contribution in [3.8, 4) is 0 Å². The van der Waals surface area contributed by atoms with Crippen LogP contribution in [-0.4, -0.2) is 17.5 Å². The molecule has 0 aromatic rings. The topological polar surface area (TPSA) is 0 Å². The first kappa shape index (κ1) is 8.26. The molecule has 2 rings (SSSR count). The third-order valence-electron chi connectivity index (χ3n) is 3.58. The summed E-state index contributed by atoms with van der Waals surface area (Å²) < 4.78 is 0. The highest BCUT2D eigenvalue weighted by Gasteiger charge is 2.40. The van der Waals surface area contributed by atoms with E-state index >= 15 is 0 Å². The maximum Gasteiger partial charge on any atom is -0.0116 e. The van der Waals surface area contributed by atoms with Crippen molar-refractivity contribution in [3.63, 3.8) is 0 Å². The van der Waals surface area contributed by atoms with Gasteiger partial charge in [-0.1, -0.05) is 25.2 Å². The highest BCUT2D eigenvalue weighted by Crippen LogP contribution is 2.66. The summed E-state index contributed by atoms with van der Waals surface area (Å²) in [6.45, 7) is 2.41. The average Bonchev–Trinajstić information content (AvgIpc) is 2.29. The molecule has 0 aromatic carbocycles. The Morgan fingerprint density at radius 3 is 2.73 bits per heavy atom. The Bertz CT molecular complexity index is 198. The van der Waals surface area contributed by atoms with Gasteiger partial charge >= 0.3 is 0 Å². The fraction of sp³-hybridized carbons (Fsp3) is 1.00. The van der Waals surface area contributed by atoms with Crippen LogP contribution in [0.2, 0.25) is 0 Å². The predicted molar refractivity (Wildman–Crippen MR) is 55.5 cm³/mol. The van der Waals surface area contributed by atoms with Gasteiger partial charge in [0.2, 0.25) is 0 Å². The zero-order valence-electron chi connectivity index (χ0n) is 7.25. The molecule has 0 bridgehead atoms. The van der Waals surface area contributed by atoms with E-state index in [1.165, 1.54) is 38.3 Å². The van der Waals surface area contributed by atoms with Crippen LogP contribution in [0.1, 0.15) is 39.0 Å². The molecule has 3 atom stereocenters. The Labute approximate surface area is 74.8 Å². The van der Waals surface area contributed by atoms with Crippen molar-refractivity contribution in [2.75, 3.05) is 6.16 Å². The molecule has 2 fully saturated rings. The molecule has 0 aliphatic carbocycles. The molecule has 0 spiro atoms. The zero-order valence-corrected chi connectivity index (χ0v) is 8.96. The van der Waals surface area contributed by atoms with Crippen LogP contribution in [0.4, 0.5) is 0 Å². The molecule has 3 unspecified atom stereocenters. The number of hydrogen-bond donors (Lipinski definition) is 0. The summed E-state index contributed by atoms with van der Waals surface area (Å²) >= 11 is 5.87. The van der Waals surface area contributed by atoms with Crippen molar-refractivity contribution in [1.29, 1.82) is 0 Å². The van der Waals surface area contributed by atoms with Gasteiger partial charge in [-0.3, -0.25) is 0 Å². The molecule has 2 heterocycles. The number of hydrogen-bond acceptors (Lipinski definition) is 1. The van der Waals surface area contributed by atoms with E-state index < -0.39 is 6.04 Å². The van der Waals surface area contributed by atoms with E-state index in [0.29, 0.717) is 0 Å². The molecule has 0 amide bonds. The second kappa shape index (κ2) is 2.85. The molecular weight excluding hydrogens is 171 g/mol. The molecule has 0 N–H and O–H groups in total. The van der Waals surface area contributed by atoms with Gasteiger partial charge in [0.25, 0.3) is 0 Å². The van der Waals surface area contributed by atoms with E-state index in [1.807, 2.05) is 0 Å². The summed E-state index contributed by atoms with van der Waals surface area (Å²) in [5.41, 5.74) is 1.95. The van der Waals surface area contributed by atoms with E-state index in [0.717, 1.165) is 11.3 Å². The van der Waals surface area contributed by atoms with E-state index in [1.54, 1.807) is 0 Å². The SMILES string of the molecule is CC1CCC2CCCCP12=S. The molecule has 2 aliphatic heterocycles. The Balaban J connectivity index is 2.23. The lowest BCUT2D eigenvalue weighted by atomic mass is 10.1. The smallest absolute Gasteiger partial charge is 0.0116 e. The van der Waals surface area contributed by atoms with E-state index in [4.69, 9.17) is 11.8 Å². The standard InChI is InChI=1S/C9H17PS/c1-8-5-6-9-4-2-3-7-10(8,9)11/h8-9H,2-7H2,1H3. The molecule has 0 nitrogen and oxygen atoms in total. The molecule has 2 heteroatoms. The van der Waals surface area contributed by atoms with Crippen LogP contribution in [0, 0.1) is 0 Å². The van der Waals surface area contributed by atoms with Gasteiger partial charge < -0.3 is 0 Å². The van der Waals surface area contributed by atoms with Gasteiger partial charge in [-0.2, -0.15) is 0 Å². The van der Waals surface area contributed by atoms with Gasteiger partial charge in [-0.25, -0.2) is 0 Å². The monoisotopic (exact) mass is 188 g/mol. The first-order valence-electron chi connectivity index (χ1n) is 4.82. The normalized spacial score (nSPS) is 50.6. The summed E-state index contributed by atoms with van der Waals surface area (Å²) in [7, 11) is 0. The molecule has 0 aromatic heterocycles. The molecule has 2 saturated heterocycles. The predicted octanol–water partition coefficient (Wildman–Crippen LogP) is 3.20. The van der Waals surface area contributed by atoms with Crippen molar-refractivity contribution in [1.82, 2.24) is 0 Å². The Hall–Kier alpha value is 0.650. The van der Waals surface area contributed by atoms with Crippen LogP contribution >= 0.6 is 6.04 Å². The minimum atomic E-state index is -0.832. The minimum Gasteiger partial charge on any atom is -0.0969 e.